The Labute approximate surface area is 121 Å². The molecule has 0 atom stereocenters. The zero-order valence-electron chi connectivity index (χ0n) is 12.5. The average Bonchev–Trinajstić information content (AvgIpc) is 2.47. The van der Waals surface area contributed by atoms with E-state index in [1.54, 1.807) is 0 Å². The smallest absolute Gasteiger partial charge is 0.225 e. The van der Waals surface area contributed by atoms with E-state index in [9.17, 15) is 0 Å². The van der Waals surface area contributed by atoms with Gasteiger partial charge in [0.05, 0.1) is 18.9 Å². The standard InChI is InChI=1S/C15H24N4O/c1-12(2)10-18-4-3-14-13(11-18)9-16-15(17-14)19-5-7-20-8-6-19/h9,12H,3-8,10-11H2,1-2H3. The van der Waals surface area contributed by atoms with Crippen LogP contribution >= 0.6 is 0 Å². The molecule has 0 radical (unpaired) electrons. The molecule has 2 aliphatic heterocycles. The molecule has 0 N–H and O–H groups in total. The number of hydrogen-bond acceptors (Lipinski definition) is 5. The fraction of sp³-hybridized carbons (Fsp3) is 0.733. The maximum absolute atomic E-state index is 5.38. The van der Waals surface area contributed by atoms with E-state index in [2.05, 4.69) is 28.6 Å². The molecule has 3 heterocycles. The summed E-state index contributed by atoms with van der Waals surface area (Å²) in [5, 5.41) is 0. The van der Waals surface area contributed by atoms with Gasteiger partial charge in [-0.1, -0.05) is 13.8 Å². The summed E-state index contributed by atoms with van der Waals surface area (Å²) in [4.78, 5) is 14.1. The maximum Gasteiger partial charge on any atom is 0.225 e. The minimum absolute atomic E-state index is 0.713. The van der Waals surface area contributed by atoms with Crippen molar-refractivity contribution in [1.82, 2.24) is 14.9 Å². The molecule has 0 unspecified atom stereocenters. The van der Waals surface area contributed by atoms with Crippen LogP contribution in [0.3, 0.4) is 0 Å². The highest BCUT2D eigenvalue weighted by molar-refractivity contribution is 5.34. The summed E-state index contributed by atoms with van der Waals surface area (Å²) in [6.07, 6.45) is 3.07. The topological polar surface area (TPSA) is 41.5 Å². The van der Waals surface area contributed by atoms with Crippen molar-refractivity contribution in [3.63, 3.8) is 0 Å². The summed E-state index contributed by atoms with van der Waals surface area (Å²) in [5.41, 5.74) is 2.54. The Kier molecular flexibility index (Phi) is 4.17. The lowest BCUT2D eigenvalue weighted by molar-refractivity contribution is 0.122. The molecular formula is C15H24N4O. The van der Waals surface area contributed by atoms with Crippen molar-refractivity contribution in [1.29, 1.82) is 0 Å². The van der Waals surface area contributed by atoms with Gasteiger partial charge in [-0.2, -0.15) is 0 Å². The molecule has 110 valence electrons. The monoisotopic (exact) mass is 276 g/mol. The van der Waals surface area contributed by atoms with E-state index in [0.717, 1.165) is 58.3 Å². The minimum Gasteiger partial charge on any atom is -0.378 e. The Morgan fingerprint density at radius 1 is 1.25 bits per heavy atom. The van der Waals surface area contributed by atoms with Gasteiger partial charge in [-0.3, -0.25) is 4.90 Å². The van der Waals surface area contributed by atoms with E-state index in [1.807, 2.05) is 6.20 Å². The summed E-state index contributed by atoms with van der Waals surface area (Å²) >= 11 is 0. The van der Waals surface area contributed by atoms with E-state index in [1.165, 1.54) is 11.3 Å². The molecule has 1 saturated heterocycles. The van der Waals surface area contributed by atoms with Gasteiger partial charge in [0, 0.05) is 50.9 Å². The van der Waals surface area contributed by atoms with Gasteiger partial charge < -0.3 is 9.64 Å². The number of anilines is 1. The highest BCUT2D eigenvalue weighted by Gasteiger charge is 2.21. The second-order valence-corrected chi connectivity index (χ2v) is 6.12. The van der Waals surface area contributed by atoms with Crippen molar-refractivity contribution in [3.05, 3.63) is 17.5 Å². The highest BCUT2D eigenvalue weighted by Crippen LogP contribution is 2.20. The predicted octanol–water partition coefficient (Wildman–Crippen LogP) is 1.33. The van der Waals surface area contributed by atoms with Crippen molar-refractivity contribution in [2.75, 3.05) is 44.3 Å². The van der Waals surface area contributed by atoms with Crippen molar-refractivity contribution < 1.29 is 4.74 Å². The molecule has 0 amide bonds. The largest absolute Gasteiger partial charge is 0.378 e. The number of nitrogens with zero attached hydrogens (tertiary/aromatic N) is 4. The molecule has 1 fully saturated rings. The van der Waals surface area contributed by atoms with Crippen molar-refractivity contribution >= 4 is 5.95 Å². The number of rotatable bonds is 3. The van der Waals surface area contributed by atoms with Crippen molar-refractivity contribution in [3.8, 4) is 0 Å². The quantitative estimate of drug-likeness (QED) is 0.833. The van der Waals surface area contributed by atoms with Crippen LogP contribution in [-0.4, -0.2) is 54.3 Å². The summed E-state index contributed by atoms with van der Waals surface area (Å²) in [7, 11) is 0. The molecule has 20 heavy (non-hydrogen) atoms. The van der Waals surface area contributed by atoms with Gasteiger partial charge in [-0.05, 0) is 5.92 Å². The molecule has 5 nitrogen and oxygen atoms in total. The molecule has 2 aliphatic rings. The number of ether oxygens (including phenoxy) is 1. The van der Waals surface area contributed by atoms with E-state index in [0.29, 0.717) is 5.92 Å². The fourth-order valence-electron chi connectivity index (χ4n) is 2.95. The van der Waals surface area contributed by atoms with E-state index >= 15 is 0 Å². The normalized spacial score (nSPS) is 20.2. The van der Waals surface area contributed by atoms with Gasteiger partial charge in [0.25, 0.3) is 0 Å². The predicted molar refractivity (Wildman–Crippen MR) is 78.9 cm³/mol. The number of aromatic nitrogens is 2. The molecular weight excluding hydrogens is 252 g/mol. The van der Waals surface area contributed by atoms with Crippen LogP contribution in [0.2, 0.25) is 0 Å². The highest BCUT2D eigenvalue weighted by atomic mass is 16.5. The lowest BCUT2D eigenvalue weighted by Crippen LogP contribution is -2.38. The number of fused-ring (bicyclic) bond motifs is 1. The molecule has 0 bridgehead atoms. The van der Waals surface area contributed by atoms with Gasteiger partial charge >= 0.3 is 0 Å². The van der Waals surface area contributed by atoms with Crippen LogP contribution in [0.5, 0.6) is 0 Å². The molecule has 0 spiro atoms. The summed E-state index contributed by atoms with van der Waals surface area (Å²) < 4.78 is 5.38. The molecule has 0 aromatic carbocycles. The first kappa shape index (κ1) is 13.8. The van der Waals surface area contributed by atoms with Crippen LogP contribution in [0.15, 0.2) is 6.20 Å². The van der Waals surface area contributed by atoms with Crippen molar-refractivity contribution in [2.24, 2.45) is 5.92 Å². The Balaban J connectivity index is 1.71. The Bertz CT molecular complexity index is 457. The Morgan fingerprint density at radius 2 is 2.05 bits per heavy atom. The molecule has 0 aliphatic carbocycles. The SMILES string of the molecule is CC(C)CN1CCc2nc(N3CCOCC3)ncc2C1. The second kappa shape index (κ2) is 6.06. The third-order valence-electron chi connectivity index (χ3n) is 3.92. The van der Waals surface area contributed by atoms with Gasteiger partial charge in [-0.25, -0.2) is 9.97 Å². The van der Waals surface area contributed by atoms with Crippen LogP contribution in [0, 0.1) is 5.92 Å². The van der Waals surface area contributed by atoms with Gasteiger partial charge in [-0.15, -0.1) is 0 Å². The zero-order chi connectivity index (χ0) is 13.9. The van der Waals surface area contributed by atoms with Crippen LogP contribution in [0.1, 0.15) is 25.1 Å². The van der Waals surface area contributed by atoms with Gasteiger partial charge in [0.2, 0.25) is 5.95 Å². The van der Waals surface area contributed by atoms with E-state index in [4.69, 9.17) is 9.72 Å². The van der Waals surface area contributed by atoms with Crippen LogP contribution in [-0.2, 0) is 17.7 Å². The first-order valence-electron chi connectivity index (χ1n) is 7.62. The molecule has 1 aromatic heterocycles. The van der Waals surface area contributed by atoms with E-state index in [-0.39, 0.29) is 0 Å². The number of morpholine rings is 1. The summed E-state index contributed by atoms with van der Waals surface area (Å²) in [5.74, 6) is 1.59. The summed E-state index contributed by atoms with van der Waals surface area (Å²) in [6, 6.07) is 0. The average molecular weight is 276 g/mol. The van der Waals surface area contributed by atoms with Crippen LogP contribution in [0.25, 0.3) is 0 Å². The first-order valence-corrected chi connectivity index (χ1v) is 7.62. The maximum atomic E-state index is 5.38. The van der Waals surface area contributed by atoms with Crippen molar-refractivity contribution in [2.45, 2.75) is 26.8 Å². The second-order valence-electron chi connectivity index (χ2n) is 6.12. The Morgan fingerprint density at radius 3 is 2.80 bits per heavy atom. The third kappa shape index (κ3) is 3.10. The Hall–Kier alpha value is -1.20. The fourth-order valence-corrected chi connectivity index (χ4v) is 2.95. The lowest BCUT2D eigenvalue weighted by Gasteiger charge is -2.31. The molecule has 0 saturated carbocycles. The van der Waals surface area contributed by atoms with Gasteiger partial charge in [0.15, 0.2) is 0 Å². The van der Waals surface area contributed by atoms with Crippen LogP contribution in [0.4, 0.5) is 5.95 Å². The summed E-state index contributed by atoms with van der Waals surface area (Å²) in [6.45, 7) is 11.2. The minimum atomic E-state index is 0.713. The molecule has 5 heteroatoms. The zero-order valence-corrected chi connectivity index (χ0v) is 12.5. The third-order valence-corrected chi connectivity index (χ3v) is 3.92. The first-order chi connectivity index (χ1) is 9.72. The lowest BCUT2D eigenvalue weighted by atomic mass is 10.1. The number of hydrogen-bond donors (Lipinski definition) is 0. The van der Waals surface area contributed by atoms with Crippen LogP contribution < -0.4 is 4.90 Å². The molecule has 1 aromatic rings. The molecule has 3 rings (SSSR count). The van der Waals surface area contributed by atoms with E-state index < -0.39 is 0 Å². The van der Waals surface area contributed by atoms with Gasteiger partial charge in [0.1, 0.15) is 0 Å².